The third-order valence-electron chi connectivity index (χ3n) is 5.24. The number of hydrogen-bond donors (Lipinski definition) is 0. The van der Waals surface area contributed by atoms with Crippen molar-refractivity contribution in [1.29, 1.82) is 0 Å². The molecule has 0 aliphatic carbocycles. The molecule has 32 heavy (non-hydrogen) atoms. The first-order valence-electron chi connectivity index (χ1n) is 10.7. The zero-order valence-electron chi connectivity index (χ0n) is 18.4. The van der Waals surface area contributed by atoms with Gasteiger partial charge in [0.05, 0.1) is 18.4 Å². The number of ether oxygens (including phenoxy) is 2. The highest BCUT2D eigenvalue weighted by atomic mass is 32.2. The van der Waals surface area contributed by atoms with E-state index in [1.54, 1.807) is 23.8 Å². The van der Waals surface area contributed by atoms with E-state index in [1.165, 1.54) is 13.3 Å². The monoisotopic (exact) mass is 450 g/mol. The van der Waals surface area contributed by atoms with Gasteiger partial charge >= 0.3 is 0 Å². The number of benzene rings is 2. The molecule has 1 aliphatic rings. The van der Waals surface area contributed by atoms with Crippen LogP contribution in [0.1, 0.15) is 44.9 Å². The summed E-state index contributed by atoms with van der Waals surface area (Å²) >= 11 is 1.56. The van der Waals surface area contributed by atoms with Gasteiger partial charge in [-0.3, -0.25) is 9.69 Å². The largest absolute Gasteiger partial charge is 0.496 e. The smallest absolute Gasteiger partial charge is 0.247 e. The molecule has 2 aromatic carbocycles. The predicted molar refractivity (Wildman–Crippen MR) is 125 cm³/mol. The van der Waals surface area contributed by atoms with Crippen molar-refractivity contribution in [3.05, 3.63) is 54.1 Å². The fourth-order valence-corrected chi connectivity index (χ4v) is 4.48. The number of rotatable bonds is 7. The van der Waals surface area contributed by atoms with Gasteiger partial charge in [0.15, 0.2) is 5.69 Å². The summed E-state index contributed by atoms with van der Waals surface area (Å²) in [5.74, 6) is 1.73. The molecule has 4 rings (SSSR count). The minimum absolute atomic E-state index is 0.164. The van der Waals surface area contributed by atoms with Crippen LogP contribution < -0.4 is 14.4 Å². The highest BCUT2D eigenvalue weighted by Crippen LogP contribution is 2.44. The lowest BCUT2D eigenvalue weighted by molar-refractivity contribution is -0.118. The van der Waals surface area contributed by atoms with Crippen molar-refractivity contribution < 1.29 is 14.3 Å². The van der Waals surface area contributed by atoms with Crippen LogP contribution in [0.3, 0.4) is 0 Å². The number of fused-ring (bicyclic) bond motifs is 3. The van der Waals surface area contributed by atoms with Crippen molar-refractivity contribution in [2.24, 2.45) is 0 Å². The van der Waals surface area contributed by atoms with Gasteiger partial charge in [-0.15, -0.1) is 10.2 Å². The van der Waals surface area contributed by atoms with Crippen molar-refractivity contribution in [3.8, 4) is 22.9 Å². The lowest BCUT2D eigenvalue weighted by Crippen LogP contribution is -2.36. The molecule has 1 atom stereocenters. The molecular formula is C24H26N4O3S. The summed E-state index contributed by atoms with van der Waals surface area (Å²) in [5.41, 5.74) is 2.68. The molecule has 0 saturated heterocycles. The summed E-state index contributed by atoms with van der Waals surface area (Å²) in [5, 5.41) is 9.34. The van der Waals surface area contributed by atoms with Crippen LogP contribution in [-0.4, -0.2) is 34.0 Å². The molecule has 1 amide bonds. The maximum atomic E-state index is 12.9. The number of carbonyl (C=O) groups excluding carboxylic acids is 1. The van der Waals surface area contributed by atoms with Crippen LogP contribution >= 0.6 is 11.8 Å². The molecule has 2 heterocycles. The topological polar surface area (TPSA) is 77.4 Å². The van der Waals surface area contributed by atoms with Crippen LogP contribution in [0.4, 0.5) is 5.69 Å². The number of unbranched alkanes of at least 4 members (excludes halogenated alkanes) is 2. The Balaban J connectivity index is 1.83. The van der Waals surface area contributed by atoms with Crippen LogP contribution in [-0.2, 0) is 4.79 Å². The molecule has 7 nitrogen and oxygen atoms in total. The number of thioether (sulfide) groups is 1. The third-order valence-corrected chi connectivity index (χ3v) is 6.16. The molecule has 0 saturated carbocycles. The van der Waals surface area contributed by atoms with E-state index in [0.717, 1.165) is 29.7 Å². The molecule has 3 aromatic rings. The normalized spacial score (nSPS) is 14.7. The lowest BCUT2D eigenvalue weighted by Gasteiger charge is -2.30. The van der Waals surface area contributed by atoms with Gasteiger partial charge < -0.3 is 9.47 Å². The summed E-state index contributed by atoms with van der Waals surface area (Å²) in [6, 6.07) is 15.1. The standard InChI is InChI=1S/C24H26N4O3S/c1-4-5-10-15-32-24-25-22-21(26-27-24)17-11-6-8-13-19(17)28(16(2)29)23(31-22)18-12-7-9-14-20(18)30-3/h6-9,11-14,23H,4-5,10,15H2,1-3H3/t23-/m0/s1. The van der Waals surface area contributed by atoms with Gasteiger partial charge in [-0.1, -0.05) is 61.9 Å². The number of carbonyl (C=O) groups is 1. The first kappa shape index (κ1) is 22.1. The Morgan fingerprint density at radius 1 is 1.12 bits per heavy atom. The van der Waals surface area contributed by atoms with E-state index in [-0.39, 0.29) is 5.91 Å². The van der Waals surface area contributed by atoms with Gasteiger partial charge in [0, 0.05) is 18.2 Å². The molecule has 0 bridgehead atoms. The molecule has 0 unspecified atom stereocenters. The van der Waals surface area contributed by atoms with Crippen molar-refractivity contribution >= 4 is 23.4 Å². The van der Waals surface area contributed by atoms with Crippen molar-refractivity contribution in [2.75, 3.05) is 17.8 Å². The molecular weight excluding hydrogens is 424 g/mol. The average Bonchev–Trinajstić information content (AvgIpc) is 2.96. The maximum Gasteiger partial charge on any atom is 0.247 e. The number of hydrogen-bond acceptors (Lipinski definition) is 7. The van der Waals surface area contributed by atoms with E-state index in [4.69, 9.17) is 9.47 Å². The molecule has 166 valence electrons. The van der Waals surface area contributed by atoms with Gasteiger partial charge in [-0.2, -0.15) is 4.98 Å². The summed E-state index contributed by atoms with van der Waals surface area (Å²) in [4.78, 5) is 19.2. The molecule has 0 fully saturated rings. The first-order chi connectivity index (χ1) is 15.6. The fraction of sp³-hybridized carbons (Fsp3) is 0.333. The van der Waals surface area contributed by atoms with Crippen LogP contribution in [0.25, 0.3) is 11.3 Å². The minimum atomic E-state index is -0.763. The van der Waals surface area contributed by atoms with Gasteiger partial charge in [-0.05, 0) is 24.6 Å². The summed E-state index contributed by atoms with van der Waals surface area (Å²) < 4.78 is 12.0. The number of nitrogens with zero attached hydrogens (tertiary/aromatic N) is 4. The second-order valence-electron chi connectivity index (χ2n) is 7.42. The van der Waals surface area contributed by atoms with E-state index >= 15 is 0 Å². The summed E-state index contributed by atoms with van der Waals surface area (Å²) in [6.45, 7) is 3.70. The van der Waals surface area contributed by atoms with Crippen molar-refractivity contribution in [2.45, 2.75) is 44.5 Å². The number of anilines is 1. The zero-order chi connectivity index (χ0) is 22.5. The predicted octanol–water partition coefficient (Wildman–Crippen LogP) is 5.27. The molecule has 0 spiro atoms. The molecule has 0 N–H and O–H groups in total. The first-order valence-corrected chi connectivity index (χ1v) is 11.7. The van der Waals surface area contributed by atoms with E-state index < -0.39 is 6.23 Å². The summed E-state index contributed by atoms with van der Waals surface area (Å²) in [7, 11) is 1.60. The fourth-order valence-electron chi connectivity index (χ4n) is 3.70. The van der Waals surface area contributed by atoms with Crippen molar-refractivity contribution in [3.63, 3.8) is 0 Å². The van der Waals surface area contributed by atoms with Gasteiger partial charge in [0.2, 0.25) is 23.2 Å². The van der Waals surface area contributed by atoms with E-state index in [9.17, 15) is 4.79 Å². The highest BCUT2D eigenvalue weighted by Gasteiger charge is 2.35. The van der Waals surface area contributed by atoms with Crippen molar-refractivity contribution in [1.82, 2.24) is 15.2 Å². The van der Waals surface area contributed by atoms with E-state index in [2.05, 4.69) is 22.1 Å². The number of methoxy groups -OCH3 is 1. The summed E-state index contributed by atoms with van der Waals surface area (Å²) in [6.07, 6.45) is 2.65. The van der Waals surface area contributed by atoms with Crippen LogP contribution in [0, 0.1) is 0 Å². The molecule has 1 aromatic heterocycles. The lowest BCUT2D eigenvalue weighted by atomic mass is 10.1. The van der Waals surface area contributed by atoms with Crippen LogP contribution in [0.5, 0.6) is 11.6 Å². The number of aromatic nitrogens is 3. The second-order valence-corrected chi connectivity index (χ2v) is 8.48. The third kappa shape index (κ3) is 4.41. The zero-order valence-corrected chi connectivity index (χ0v) is 19.3. The molecule has 0 radical (unpaired) electrons. The second kappa shape index (κ2) is 9.99. The van der Waals surface area contributed by atoms with E-state index in [1.807, 2.05) is 48.5 Å². The molecule has 1 aliphatic heterocycles. The van der Waals surface area contributed by atoms with E-state index in [0.29, 0.717) is 28.2 Å². The Morgan fingerprint density at radius 2 is 1.91 bits per heavy atom. The number of para-hydroxylation sites is 2. The van der Waals surface area contributed by atoms with Gasteiger partial charge in [0.25, 0.3) is 0 Å². The SMILES string of the molecule is CCCCCSc1nnc2c(n1)O[C@@H](c1ccccc1OC)N(C(C)=O)c1ccccc1-2. The Labute approximate surface area is 192 Å². The Morgan fingerprint density at radius 3 is 2.69 bits per heavy atom. The Hall–Kier alpha value is -3.13. The minimum Gasteiger partial charge on any atom is -0.496 e. The Bertz CT molecular complexity index is 1110. The maximum absolute atomic E-state index is 12.9. The van der Waals surface area contributed by atoms with Gasteiger partial charge in [-0.25, -0.2) is 0 Å². The molecule has 8 heteroatoms. The van der Waals surface area contributed by atoms with Gasteiger partial charge in [0.1, 0.15) is 5.75 Å². The highest BCUT2D eigenvalue weighted by molar-refractivity contribution is 7.99. The van der Waals surface area contributed by atoms with Crippen LogP contribution in [0.15, 0.2) is 53.7 Å². The average molecular weight is 451 g/mol. The number of amides is 1. The Kier molecular flexibility index (Phi) is 6.90. The van der Waals surface area contributed by atoms with Crippen LogP contribution in [0.2, 0.25) is 0 Å². The quantitative estimate of drug-likeness (QED) is 0.358.